The lowest BCUT2D eigenvalue weighted by atomic mass is 10.2. The Bertz CT molecular complexity index is 812. The van der Waals surface area contributed by atoms with Crippen molar-refractivity contribution in [2.45, 2.75) is 6.54 Å². The first-order valence-corrected chi connectivity index (χ1v) is 7.56. The Kier molecular flexibility index (Phi) is 4.93. The van der Waals surface area contributed by atoms with E-state index in [1.807, 2.05) is 12.1 Å². The van der Waals surface area contributed by atoms with Gasteiger partial charge in [-0.15, -0.1) is 5.10 Å². The van der Waals surface area contributed by atoms with E-state index < -0.39 is 0 Å². The first kappa shape index (κ1) is 16.2. The molecule has 1 aromatic carbocycles. The molecule has 0 saturated carbocycles. The van der Waals surface area contributed by atoms with Crippen molar-refractivity contribution in [3.05, 3.63) is 53.2 Å². The maximum Gasteiger partial charge on any atom is 0.276 e. The number of benzene rings is 1. The number of methoxy groups -OCH3 is 1. The van der Waals surface area contributed by atoms with Crippen LogP contribution >= 0.6 is 11.6 Å². The van der Waals surface area contributed by atoms with Crippen LogP contribution in [0.2, 0.25) is 5.02 Å². The molecule has 24 heavy (non-hydrogen) atoms. The average molecular weight is 347 g/mol. The Hall–Kier alpha value is -2.64. The summed E-state index contributed by atoms with van der Waals surface area (Å²) < 4.78 is 11.3. The third-order valence-electron chi connectivity index (χ3n) is 3.22. The molecule has 0 saturated heterocycles. The summed E-state index contributed by atoms with van der Waals surface area (Å²) in [5.74, 6) is 0.788. The molecule has 0 aliphatic rings. The van der Waals surface area contributed by atoms with Gasteiger partial charge in [0.15, 0.2) is 5.76 Å². The van der Waals surface area contributed by atoms with Gasteiger partial charge in [0, 0.05) is 18.7 Å². The highest BCUT2D eigenvalue weighted by molar-refractivity contribution is 6.30. The van der Waals surface area contributed by atoms with E-state index in [1.165, 1.54) is 18.1 Å². The van der Waals surface area contributed by atoms with Crippen molar-refractivity contribution in [1.82, 2.24) is 14.8 Å². The highest BCUT2D eigenvalue weighted by Crippen LogP contribution is 2.19. The highest BCUT2D eigenvalue weighted by Gasteiger charge is 2.18. The third-order valence-corrected chi connectivity index (χ3v) is 3.47. The summed E-state index contributed by atoms with van der Waals surface area (Å²) in [6.45, 7) is 0.365. The molecule has 0 fully saturated rings. The molecule has 8 heteroatoms. The first-order valence-electron chi connectivity index (χ1n) is 7.19. The smallest absolute Gasteiger partial charge is 0.276 e. The van der Waals surface area contributed by atoms with Gasteiger partial charge in [-0.05, 0) is 29.8 Å². The van der Waals surface area contributed by atoms with Crippen LogP contribution in [-0.2, 0) is 11.3 Å². The number of halogens is 1. The molecule has 0 spiro atoms. The predicted octanol–water partition coefficient (Wildman–Crippen LogP) is 3.09. The molecule has 1 N–H and O–H groups in total. The van der Waals surface area contributed by atoms with Crippen LogP contribution in [-0.4, -0.2) is 34.4 Å². The zero-order valence-corrected chi connectivity index (χ0v) is 13.7. The summed E-state index contributed by atoms with van der Waals surface area (Å²) in [5.41, 5.74) is 0.993. The quantitative estimate of drug-likeness (QED) is 0.738. The van der Waals surface area contributed by atoms with Crippen molar-refractivity contribution >= 4 is 23.5 Å². The van der Waals surface area contributed by atoms with Crippen LogP contribution in [0.15, 0.2) is 47.1 Å². The van der Waals surface area contributed by atoms with Gasteiger partial charge in [0.05, 0.1) is 6.26 Å². The molecule has 3 rings (SSSR count). The number of carbonyl (C=O) groups excluding carboxylic acids is 1. The van der Waals surface area contributed by atoms with E-state index in [0.717, 1.165) is 5.56 Å². The Morgan fingerprint density at radius 1 is 1.33 bits per heavy atom. The van der Waals surface area contributed by atoms with E-state index in [1.54, 1.807) is 24.3 Å². The standard InChI is InChI=1S/C16H15ClN4O3/c1-23-10-14(22)21-16(18-9-11-4-6-12(17)7-5-11)19-15(20-21)13-3-2-8-24-13/h2-8H,9-10H2,1H3,(H,18,19,20). The van der Waals surface area contributed by atoms with Gasteiger partial charge < -0.3 is 14.5 Å². The molecule has 2 heterocycles. The van der Waals surface area contributed by atoms with E-state index in [0.29, 0.717) is 29.1 Å². The van der Waals surface area contributed by atoms with E-state index in [-0.39, 0.29) is 12.5 Å². The Labute approximate surface area is 143 Å². The van der Waals surface area contributed by atoms with Crippen molar-refractivity contribution in [1.29, 1.82) is 0 Å². The number of aromatic nitrogens is 3. The normalized spacial score (nSPS) is 10.8. The predicted molar refractivity (Wildman–Crippen MR) is 89.0 cm³/mol. The lowest BCUT2D eigenvalue weighted by molar-refractivity contribution is 0.0748. The minimum atomic E-state index is -0.332. The molecule has 124 valence electrons. The van der Waals surface area contributed by atoms with Gasteiger partial charge in [-0.3, -0.25) is 4.79 Å². The van der Waals surface area contributed by atoms with E-state index in [4.69, 9.17) is 20.8 Å². The van der Waals surface area contributed by atoms with Crippen LogP contribution in [0.4, 0.5) is 5.95 Å². The fourth-order valence-corrected chi connectivity index (χ4v) is 2.20. The summed E-state index contributed by atoms with van der Waals surface area (Å²) in [5, 5.41) is 7.96. The van der Waals surface area contributed by atoms with Gasteiger partial charge in [0.1, 0.15) is 6.61 Å². The van der Waals surface area contributed by atoms with Crippen LogP contribution in [0.25, 0.3) is 11.6 Å². The van der Waals surface area contributed by atoms with Crippen LogP contribution in [0.1, 0.15) is 10.4 Å². The van der Waals surface area contributed by atoms with Gasteiger partial charge >= 0.3 is 0 Å². The Morgan fingerprint density at radius 2 is 2.12 bits per heavy atom. The number of nitrogens with one attached hydrogen (secondary N) is 1. The summed E-state index contributed by atoms with van der Waals surface area (Å²) >= 11 is 5.87. The second-order valence-corrected chi connectivity index (χ2v) is 5.39. The van der Waals surface area contributed by atoms with Crippen LogP contribution in [0.3, 0.4) is 0 Å². The topological polar surface area (TPSA) is 82.2 Å². The summed E-state index contributed by atoms with van der Waals surface area (Å²) in [4.78, 5) is 16.5. The van der Waals surface area contributed by atoms with Crippen molar-refractivity contribution in [2.75, 3.05) is 19.0 Å². The molecule has 3 aromatic rings. The van der Waals surface area contributed by atoms with Crippen molar-refractivity contribution in [3.8, 4) is 11.6 Å². The minimum Gasteiger partial charge on any atom is -0.461 e. The largest absolute Gasteiger partial charge is 0.461 e. The molecule has 0 bridgehead atoms. The van der Waals surface area contributed by atoms with Gasteiger partial charge in [0.25, 0.3) is 5.91 Å². The Balaban J connectivity index is 1.84. The number of ether oxygens (including phenoxy) is 1. The highest BCUT2D eigenvalue weighted by atomic mass is 35.5. The minimum absolute atomic E-state index is 0.101. The first-order chi connectivity index (χ1) is 11.7. The number of carbonyl (C=O) groups is 1. The number of furan rings is 1. The van der Waals surface area contributed by atoms with E-state index in [9.17, 15) is 4.79 Å². The Morgan fingerprint density at radius 3 is 2.79 bits per heavy atom. The lowest BCUT2D eigenvalue weighted by Crippen LogP contribution is -2.20. The maximum absolute atomic E-state index is 12.2. The van der Waals surface area contributed by atoms with Crippen LogP contribution in [0.5, 0.6) is 0 Å². The third kappa shape index (κ3) is 3.64. The summed E-state index contributed by atoms with van der Waals surface area (Å²) in [7, 11) is 1.45. The SMILES string of the molecule is COCC(=O)n1nc(-c2ccco2)nc1NCc1ccc(Cl)cc1. The number of nitrogens with zero attached hydrogens (tertiary/aromatic N) is 3. The van der Waals surface area contributed by atoms with Crippen LogP contribution < -0.4 is 5.32 Å². The molecule has 7 nitrogen and oxygen atoms in total. The van der Waals surface area contributed by atoms with E-state index in [2.05, 4.69) is 15.4 Å². The second-order valence-electron chi connectivity index (χ2n) is 4.95. The molecule has 0 unspecified atom stereocenters. The molecular weight excluding hydrogens is 332 g/mol. The van der Waals surface area contributed by atoms with Gasteiger partial charge in [-0.25, -0.2) is 0 Å². The number of hydrogen-bond donors (Lipinski definition) is 1. The molecular formula is C16H15ClN4O3. The molecule has 2 aromatic heterocycles. The van der Waals surface area contributed by atoms with Crippen LogP contribution in [0, 0.1) is 0 Å². The maximum atomic E-state index is 12.2. The lowest BCUT2D eigenvalue weighted by Gasteiger charge is -2.07. The molecule has 0 aliphatic heterocycles. The average Bonchev–Trinajstić information content (AvgIpc) is 3.24. The van der Waals surface area contributed by atoms with Crippen molar-refractivity contribution in [3.63, 3.8) is 0 Å². The molecule has 0 radical (unpaired) electrons. The summed E-state index contributed by atoms with van der Waals surface area (Å²) in [6, 6.07) is 10.8. The number of hydrogen-bond acceptors (Lipinski definition) is 6. The number of anilines is 1. The van der Waals surface area contributed by atoms with E-state index >= 15 is 0 Å². The fraction of sp³-hybridized carbons (Fsp3) is 0.188. The summed E-state index contributed by atoms with van der Waals surface area (Å²) in [6.07, 6.45) is 1.52. The van der Waals surface area contributed by atoms with Gasteiger partial charge in [0.2, 0.25) is 11.8 Å². The molecule has 0 aliphatic carbocycles. The zero-order chi connectivity index (χ0) is 16.9. The molecule has 0 atom stereocenters. The van der Waals surface area contributed by atoms with Crippen molar-refractivity contribution < 1.29 is 13.9 Å². The molecule has 0 amide bonds. The fourth-order valence-electron chi connectivity index (χ4n) is 2.08. The van der Waals surface area contributed by atoms with Crippen molar-refractivity contribution in [2.24, 2.45) is 0 Å². The van der Waals surface area contributed by atoms with Gasteiger partial charge in [-0.2, -0.15) is 9.67 Å². The monoisotopic (exact) mass is 346 g/mol. The van der Waals surface area contributed by atoms with Gasteiger partial charge in [-0.1, -0.05) is 23.7 Å². The number of rotatable bonds is 6. The zero-order valence-electron chi connectivity index (χ0n) is 12.9. The second kappa shape index (κ2) is 7.29.